The normalized spacial score (nSPS) is 19.5. The van der Waals surface area contributed by atoms with Crippen LogP contribution in [0.15, 0.2) is 36.7 Å². The Bertz CT molecular complexity index is 569. The lowest BCUT2D eigenvalue weighted by atomic mass is 10.2. The molecule has 0 aliphatic carbocycles. The maximum atomic E-state index is 11.8. The Morgan fingerprint density at radius 1 is 1.22 bits per heavy atom. The number of aromatic nitrogens is 3. The fraction of sp³-hybridized carbons (Fsp3) is 0.250. The lowest BCUT2D eigenvalue weighted by molar-refractivity contribution is -0.117. The van der Waals surface area contributed by atoms with E-state index in [4.69, 9.17) is 0 Å². The van der Waals surface area contributed by atoms with Gasteiger partial charge in [-0.3, -0.25) is 4.79 Å². The number of amides is 1. The van der Waals surface area contributed by atoms with Crippen LogP contribution in [0.25, 0.3) is 5.69 Å². The first kappa shape index (κ1) is 11.3. The van der Waals surface area contributed by atoms with Crippen molar-refractivity contribution in [3.8, 4) is 5.69 Å². The van der Waals surface area contributed by atoms with Gasteiger partial charge in [0, 0.05) is 23.9 Å². The van der Waals surface area contributed by atoms with Crippen molar-refractivity contribution in [3.63, 3.8) is 0 Å². The highest BCUT2D eigenvalue weighted by Crippen LogP contribution is 2.25. The van der Waals surface area contributed by atoms with Gasteiger partial charge in [-0.15, -0.1) is 0 Å². The molecule has 92 valence electrons. The second kappa shape index (κ2) is 4.45. The quantitative estimate of drug-likeness (QED) is 0.828. The van der Waals surface area contributed by atoms with E-state index in [1.807, 2.05) is 24.3 Å². The number of anilines is 1. The smallest absolute Gasteiger partial charge is 0.228 e. The number of hydrogen-bond donors (Lipinski definition) is 1. The second-order valence-corrected chi connectivity index (χ2v) is 4.93. The minimum atomic E-state index is 0.112. The SMILES string of the molecule is O=C1CC(S)CN1c1cccc(-n2nccn2)c1. The summed E-state index contributed by atoms with van der Waals surface area (Å²) in [5, 5.41) is 8.27. The van der Waals surface area contributed by atoms with E-state index in [1.165, 1.54) is 4.80 Å². The highest BCUT2D eigenvalue weighted by molar-refractivity contribution is 7.81. The molecule has 6 heteroatoms. The van der Waals surface area contributed by atoms with Gasteiger partial charge < -0.3 is 4.90 Å². The Balaban J connectivity index is 1.94. The molecule has 1 aromatic carbocycles. The van der Waals surface area contributed by atoms with E-state index in [0.717, 1.165) is 11.4 Å². The van der Waals surface area contributed by atoms with Crippen molar-refractivity contribution in [1.82, 2.24) is 15.0 Å². The van der Waals surface area contributed by atoms with Gasteiger partial charge in [-0.2, -0.15) is 27.6 Å². The zero-order valence-corrected chi connectivity index (χ0v) is 10.5. The van der Waals surface area contributed by atoms with Gasteiger partial charge >= 0.3 is 0 Å². The summed E-state index contributed by atoms with van der Waals surface area (Å²) in [6, 6.07) is 7.62. The van der Waals surface area contributed by atoms with Crippen molar-refractivity contribution < 1.29 is 4.79 Å². The Kier molecular flexibility index (Phi) is 2.79. The largest absolute Gasteiger partial charge is 0.311 e. The monoisotopic (exact) mass is 260 g/mol. The minimum absolute atomic E-state index is 0.112. The van der Waals surface area contributed by atoms with E-state index in [9.17, 15) is 4.79 Å². The summed E-state index contributed by atoms with van der Waals surface area (Å²) in [6.07, 6.45) is 3.74. The van der Waals surface area contributed by atoms with Crippen molar-refractivity contribution >= 4 is 24.2 Å². The Labute approximate surface area is 110 Å². The molecule has 1 saturated heterocycles. The average Bonchev–Trinajstić information content (AvgIpc) is 2.99. The van der Waals surface area contributed by atoms with E-state index >= 15 is 0 Å². The maximum absolute atomic E-state index is 11.8. The molecule has 2 heterocycles. The molecule has 1 aromatic heterocycles. The van der Waals surface area contributed by atoms with E-state index in [0.29, 0.717) is 13.0 Å². The first-order valence-corrected chi connectivity index (χ1v) is 6.21. The number of benzene rings is 1. The molecule has 1 unspecified atom stereocenters. The van der Waals surface area contributed by atoms with Crippen LogP contribution in [0.2, 0.25) is 0 Å². The standard InChI is InChI=1S/C12H12N4OS/c17-12-7-11(18)8-15(12)9-2-1-3-10(6-9)16-13-4-5-14-16/h1-6,11,18H,7-8H2. The Hall–Kier alpha value is -1.82. The molecule has 0 saturated carbocycles. The zero-order valence-electron chi connectivity index (χ0n) is 9.60. The van der Waals surface area contributed by atoms with Gasteiger partial charge in [-0.1, -0.05) is 6.07 Å². The van der Waals surface area contributed by atoms with Crippen molar-refractivity contribution in [2.24, 2.45) is 0 Å². The fourth-order valence-corrected chi connectivity index (χ4v) is 2.39. The maximum Gasteiger partial charge on any atom is 0.228 e. The lowest BCUT2D eigenvalue weighted by Crippen LogP contribution is -2.24. The van der Waals surface area contributed by atoms with Crippen LogP contribution in [0.1, 0.15) is 6.42 Å². The van der Waals surface area contributed by atoms with E-state index in [-0.39, 0.29) is 11.2 Å². The third-order valence-corrected chi connectivity index (χ3v) is 3.24. The molecule has 1 aliphatic rings. The number of carbonyl (C=O) groups excluding carboxylic acids is 1. The van der Waals surface area contributed by atoms with E-state index < -0.39 is 0 Å². The second-order valence-electron chi connectivity index (χ2n) is 4.20. The van der Waals surface area contributed by atoms with Crippen molar-refractivity contribution in [2.45, 2.75) is 11.7 Å². The highest BCUT2D eigenvalue weighted by Gasteiger charge is 2.28. The Morgan fingerprint density at radius 3 is 2.61 bits per heavy atom. The molecule has 0 spiro atoms. The lowest BCUT2D eigenvalue weighted by Gasteiger charge is -2.16. The first-order valence-electron chi connectivity index (χ1n) is 5.69. The number of hydrogen-bond acceptors (Lipinski definition) is 4. The summed E-state index contributed by atoms with van der Waals surface area (Å²) in [5.41, 5.74) is 1.71. The average molecular weight is 260 g/mol. The van der Waals surface area contributed by atoms with Crippen LogP contribution in [0, 0.1) is 0 Å². The molecule has 1 atom stereocenters. The van der Waals surface area contributed by atoms with Gasteiger partial charge in [0.2, 0.25) is 5.91 Å². The molecule has 5 nitrogen and oxygen atoms in total. The van der Waals surface area contributed by atoms with Crippen LogP contribution in [0.5, 0.6) is 0 Å². The van der Waals surface area contributed by atoms with Crippen molar-refractivity contribution in [1.29, 1.82) is 0 Å². The molecular weight excluding hydrogens is 248 g/mol. The summed E-state index contributed by atoms with van der Waals surface area (Å²) < 4.78 is 0. The zero-order chi connectivity index (χ0) is 12.5. The topological polar surface area (TPSA) is 51.0 Å². The summed E-state index contributed by atoms with van der Waals surface area (Å²) >= 11 is 4.35. The van der Waals surface area contributed by atoms with Crippen LogP contribution in [-0.4, -0.2) is 32.7 Å². The molecule has 1 fully saturated rings. The number of nitrogens with zero attached hydrogens (tertiary/aromatic N) is 4. The predicted octanol–water partition coefficient (Wildman–Crippen LogP) is 1.30. The molecule has 0 radical (unpaired) electrons. The highest BCUT2D eigenvalue weighted by atomic mass is 32.1. The van der Waals surface area contributed by atoms with Gasteiger partial charge in [0.05, 0.1) is 18.1 Å². The Morgan fingerprint density at radius 2 is 1.94 bits per heavy atom. The summed E-state index contributed by atoms with van der Waals surface area (Å²) in [7, 11) is 0. The molecule has 1 aliphatic heterocycles. The number of thiol groups is 1. The van der Waals surface area contributed by atoms with Crippen molar-refractivity contribution in [2.75, 3.05) is 11.4 Å². The number of carbonyl (C=O) groups is 1. The molecule has 3 rings (SSSR count). The van der Waals surface area contributed by atoms with Gasteiger partial charge in [-0.25, -0.2) is 0 Å². The molecule has 1 amide bonds. The predicted molar refractivity (Wildman–Crippen MR) is 71.1 cm³/mol. The van der Waals surface area contributed by atoms with Gasteiger partial charge in [-0.05, 0) is 18.2 Å². The van der Waals surface area contributed by atoms with Gasteiger partial charge in [0.25, 0.3) is 0 Å². The molecular formula is C12H12N4OS. The van der Waals surface area contributed by atoms with Crippen LogP contribution >= 0.6 is 12.6 Å². The van der Waals surface area contributed by atoms with Crippen LogP contribution in [0.3, 0.4) is 0 Å². The minimum Gasteiger partial charge on any atom is -0.311 e. The van der Waals surface area contributed by atoms with Crippen LogP contribution in [-0.2, 0) is 4.79 Å². The first-order chi connectivity index (χ1) is 8.74. The van der Waals surface area contributed by atoms with Crippen LogP contribution in [0.4, 0.5) is 5.69 Å². The molecule has 0 N–H and O–H groups in total. The molecule has 18 heavy (non-hydrogen) atoms. The van der Waals surface area contributed by atoms with Gasteiger partial charge in [0.15, 0.2) is 0 Å². The molecule has 2 aromatic rings. The third kappa shape index (κ3) is 1.99. The number of rotatable bonds is 2. The summed E-state index contributed by atoms with van der Waals surface area (Å²) in [6.45, 7) is 0.651. The van der Waals surface area contributed by atoms with Crippen LogP contribution < -0.4 is 4.90 Å². The van der Waals surface area contributed by atoms with E-state index in [1.54, 1.807) is 17.3 Å². The summed E-state index contributed by atoms with van der Waals surface area (Å²) in [4.78, 5) is 15.1. The molecule has 0 bridgehead atoms. The fourth-order valence-electron chi connectivity index (χ4n) is 2.07. The summed E-state index contributed by atoms with van der Waals surface area (Å²) in [5.74, 6) is 0.112. The third-order valence-electron chi connectivity index (χ3n) is 2.90. The van der Waals surface area contributed by atoms with Crippen molar-refractivity contribution in [3.05, 3.63) is 36.7 Å². The van der Waals surface area contributed by atoms with Gasteiger partial charge in [0.1, 0.15) is 0 Å². The van der Waals surface area contributed by atoms with E-state index in [2.05, 4.69) is 22.8 Å².